The van der Waals surface area contributed by atoms with E-state index >= 15 is 0 Å². The maximum Gasteiger partial charge on any atom is 0.249 e. The summed E-state index contributed by atoms with van der Waals surface area (Å²) in [6.07, 6.45) is 3.39. The molecule has 0 amide bonds. The van der Waals surface area contributed by atoms with E-state index in [2.05, 4.69) is 20.5 Å². The van der Waals surface area contributed by atoms with Crippen molar-refractivity contribution in [1.29, 1.82) is 0 Å². The van der Waals surface area contributed by atoms with Crippen molar-refractivity contribution < 1.29 is 4.42 Å². The molecule has 6 nitrogen and oxygen atoms in total. The van der Waals surface area contributed by atoms with Gasteiger partial charge in [0, 0.05) is 6.92 Å². The minimum absolute atomic E-state index is 0.480. The Morgan fingerprint density at radius 3 is 2.76 bits per heavy atom. The van der Waals surface area contributed by atoms with Crippen molar-refractivity contribution in [2.45, 2.75) is 6.92 Å². The van der Waals surface area contributed by atoms with Crippen LogP contribution in [0.3, 0.4) is 0 Å². The summed E-state index contributed by atoms with van der Waals surface area (Å²) in [7, 11) is 0. The van der Waals surface area contributed by atoms with E-state index in [0.717, 1.165) is 11.3 Å². The molecule has 0 saturated carbocycles. The normalized spacial score (nSPS) is 10.6. The zero-order valence-electron chi connectivity index (χ0n) is 9.11. The van der Waals surface area contributed by atoms with Crippen LogP contribution in [0.5, 0.6) is 0 Å². The maximum absolute atomic E-state index is 5.42. The quantitative estimate of drug-likeness (QED) is 0.665. The van der Waals surface area contributed by atoms with Crippen LogP contribution in [0.15, 0.2) is 41.1 Å². The van der Waals surface area contributed by atoms with Crippen LogP contribution < -0.4 is 0 Å². The van der Waals surface area contributed by atoms with E-state index in [-0.39, 0.29) is 0 Å². The number of para-hydroxylation sites is 1. The molecule has 2 heterocycles. The third-order valence-corrected chi connectivity index (χ3v) is 2.33. The first-order valence-electron chi connectivity index (χ1n) is 5.11. The number of nitrogens with zero attached hydrogens (tertiary/aromatic N) is 5. The lowest BCUT2D eigenvalue weighted by Crippen LogP contribution is -1.97. The van der Waals surface area contributed by atoms with Gasteiger partial charge < -0.3 is 4.42 Å². The van der Waals surface area contributed by atoms with E-state index < -0.39 is 0 Å². The van der Waals surface area contributed by atoms with Crippen LogP contribution in [0.25, 0.3) is 17.1 Å². The molecule has 84 valence electrons. The number of hydrogen-bond donors (Lipinski definition) is 0. The topological polar surface area (TPSA) is 69.6 Å². The summed E-state index contributed by atoms with van der Waals surface area (Å²) in [4.78, 5) is 0. The molecule has 3 rings (SSSR count). The van der Waals surface area contributed by atoms with Gasteiger partial charge in [-0.3, -0.25) is 0 Å². The van der Waals surface area contributed by atoms with Gasteiger partial charge in [-0.2, -0.15) is 0 Å². The van der Waals surface area contributed by atoms with E-state index in [9.17, 15) is 0 Å². The summed E-state index contributed by atoms with van der Waals surface area (Å²) in [5.74, 6) is 1.02. The van der Waals surface area contributed by atoms with Gasteiger partial charge in [-0.15, -0.1) is 15.3 Å². The second kappa shape index (κ2) is 3.82. The summed E-state index contributed by atoms with van der Waals surface area (Å²) in [6.45, 7) is 1.76. The first-order chi connectivity index (χ1) is 8.34. The zero-order chi connectivity index (χ0) is 11.7. The third kappa shape index (κ3) is 1.69. The fraction of sp³-hybridized carbons (Fsp3) is 0.0909. The predicted octanol–water partition coefficient (Wildman–Crippen LogP) is 1.63. The first-order valence-corrected chi connectivity index (χ1v) is 5.11. The van der Waals surface area contributed by atoms with Crippen molar-refractivity contribution in [2.24, 2.45) is 0 Å². The molecule has 0 N–H and O–H groups in total. The second-order valence-corrected chi connectivity index (χ2v) is 3.49. The van der Waals surface area contributed by atoms with Gasteiger partial charge in [-0.1, -0.05) is 17.3 Å². The van der Waals surface area contributed by atoms with Gasteiger partial charge in [0.15, 0.2) is 0 Å². The van der Waals surface area contributed by atoms with Crippen molar-refractivity contribution in [1.82, 2.24) is 25.2 Å². The first kappa shape index (κ1) is 9.71. The van der Waals surface area contributed by atoms with Crippen LogP contribution in [-0.2, 0) is 0 Å². The molecule has 17 heavy (non-hydrogen) atoms. The van der Waals surface area contributed by atoms with Crippen molar-refractivity contribution in [2.75, 3.05) is 0 Å². The zero-order valence-corrected chi connectivity index (χ0v) is 9.11. The highest BCUT2D eigenvalue weighted by Gasteiger charge is 2.12. The van der Waals surface area contributed by atoms with Crippen LogP contribution in [0, 0.1) is 6.92 Å². The van der Waals surface area contributed by atoms with Crippen molar-refractivity contribution in [3.8, 4) is 17.1 Å². The SMILES string of the molecule is Cc1nnc(-c2ccccc2-n2ccnn2)o1. The molecule has 0 spiro atoms. The molecule has 3 aromatic rings. The number of aryl methyl sites for hydroxylation is 1. The van der Waals surface area contributed by atoms with Gasteiger partial charge in [0.25, 0.3) is 0 Å². The third-order valence-electron chi connectivity index (χ3n) is 2.33. The van der Waals surface area contributed by atoms with Crippen molar-refractivity contribution >= 4 is 0 Å². The molecule has 0 unspecified atom stereocenters. The smallest absolute Gasteiger partial charge is 0.249 e. The van der Waals surface area contributed by atoms with Gasteiger partial charge in [0.05, 0.1) is 23.6 Å². The van der Waals surface area contributed by atoms with Crippen LogP contribution in [0.1, 0.15) is 5.89 Å². The Labute approximate surface area is 96.9 Å². The Hall–Kier alpha value is -2.50. The van der Waals surface area contributed by atoms with Crippen LogP contribution in [0.2, 0.25) is 0 Å². The summed E-state index contributed by atoms with van der Waals surface area (Å²) in [5, 5.41) is 15.6. The predicted molar refractivity (Wildman–Crippen MR) is 59.4 cm³/mol. The Bertz CT molecular complexity index is 629. The average Bonchev–Trinajstić information content (AvgIpc) is 3.00. The molecule has 0 aliphatic heterocycles. The van der Waals surface area contributed by atoms with E-state index in [1.54, 1.807) is 24.0 Å². The van der Waals surface area contributed by atoms with Crippen molar-refractivity contribution in [3.05, 3.63) is 42.5 Å². The lowest BCUT2D eigenvalue weighted by atomic mass is 10.2. The highest BCUT2D eigenvalue weighted by Crippen LogP contribution is 2.24. The molecule has 0 aliphatic rings. The minimum Gasteiger partial charge on any atom is -0.421 e. The van der Waals surface area contributed by atoms with Crippen LogP contribution >= 0.6 is 0 Å². The van der Waals surface area contributed by atoms with Gasteiger partial charge >= 0.3 is 0 Å². The van der Waals surface area contributed by atoms with Crippen molar-refractivity contribution in [3.63, 3.8) is 0 Å². The maximum atomic E-state index is 5.42. The molecule has 0 saturated heterocycles. The second-order valence-electron chi connectivity index (χ2n) is 3.49. The Kier molecular flexibility index (Phi) is 2.18. The Morgan fingerprint density at radius 2 is 2.06 bits per heavy atom. The summed E-state index contributed by atoms with van der Waals surface area (Å²) in [5.41, 5.74) is 1.69. The molecule has 1 aromatic carbocycles. The fourth-order valence-corrected chi connectivity index (χ4v) is 1.60. The number of benzene rings is 1. The minimum atomic E-state index is 0.480. The number of hydrogen-bond acceptors (Lipinski definition) is 5. The molecular formula is C11H9N5O. The standard InChI is InChI=1S/C11H9N5O/c1-8-13-14-11(17-8)9-4-2-3-5-10(9)16-7-6-12-15-16/h2-7H,1H3. The lowest BCUT2D eigenvalue weighted by molar-refractivity contribution is 0.532. The molecule has 0 bridgehead atoms. The van der Waals surface area contributed by atoms with Gasteiger partial charge in [0.2, 0.25) is 11.8 Å². The largest absolute Gasteiger partial charge is 0.421 e. The van der Waals surface area contributed by atoms with Gasteiger partial charge in [-0.25, -0.2) is 4.68 Å². The molecule has 0 aliphatic carbocycles. The molecule has 6 heteroatoms. The summed E-state index contributed by atoms with van der Waals surface area (Å²) < 4.78 is 7.09. The molecule has 0 fully saturated rings. The van der Waals surface area contributed by atoms with E-state index in [4.69, 9.17) is 4.42 Å². The van der Waals surface area contributed by atoms with Crippen LogP contribution in [0.4, 0.5) is 0 Å². The van der Waals surface area contributed by atoms with Crippen LogP contribution in [-0.4, -0.2) is 25.2 Å². The number of aromatic nitrogens is 5. The van der Waals surface area contributed by atoms with E-state index in [1.165, 1.54) is 0 Å². The summed E-state index contributed by atoms with van der Waals surface area (Å²) >= 11 is 0. The van der Waals surface area contributed by atoms with Gasteiger partial charge in [0.1, 0.15) is 0 Å². The molecule has 2 aromatic heterocycles. The van der Waals surface area contributed by atoms with Gasteiger partial charge in [-0.05, 0) is 12.1 Å². The summed E-state index contributed by atoms with van der Waals surface area (Å²) in [6, 6.07) is 7.66. The fourth-order valence-electron chi connectivity index (χ4n) is 1.60. The monoisotopic (exact) mass is 227 g/mol. The molecule has 0 radical (unpaired) electrons. The average molecular weight is 227 g/mol. The lowest BCUT2D eigenvalue weighted by Gasteiger charge is -2.04. The van der Waals surface area contributed by atoms with E-state index in [0.29, 0.717) is 11.8 Å². The Morgan fingerprint density at radius 1 is 1.18 bits per heavy atom. The highest BCUT2D eigenvalue weighted by atomic mass is 16.4. The molecular weight excluding hydrogens is 218 g/mol. The number of rotatable bonds is 2. The highest BCUT2D eigenvalue weighted by molar-refractivity contribution is 5.65. The Balaban J connectivity index is 2.17. The molecule has 0 atom stereocenters. The van der Waals surface area contributed by atoms with E-state index in [1.807, 2.05) is 24.3 Å².